The van der Waals surface area contributed by atoms with Gasteiger partial charge in [0.2, 0.25) is 11.8 Å². The summed E-state index contributed by atoms with van der Waals surface area (Å²) in [5.41, 5.74) is 1.80. The molecule has 1 aliphatic heterocycles. The maximum absolute atomic E-state index is 13.7. The lowest BCUT2D eigenvalue weighted by Gasteiger charge is -2.21. The van der Waals surface area contributed by atoms with Gasteiger partial charge in [0, 0.05) is 17.2 Å². The molecule has 0 saturated carbocycles. The smallest absolute Gasteiger partial charge is 0.227 e. The first kappa shape index (κ1) is 17.7. The fourth-order valence-electron chi connectivity index (χ4n) is 3.13. The van der Waals surface area contributed by atoms with Crippen molar-refractivity contribution in [2.45, 2.75) is 12.8 Å². The fourth-order valence-corrected chi connectivity index (χ4v) is 4.62. The maximum atomic E-state index is 13.7. The van der Waals surface area contributed by atoms with Gasteiger partial charge in [-0.3, -0.25) is 4.79 Å². The number of carbonyl (C=O) groups excluding carboxylic acids is 1. The highest BCUT2D eigenvalue weighted by atomic mass is 32.2. The SMILES string of the molecule is O=C(Nc1ccc(-c2nc3c(F)cccc3o2)cc1)C1CCS(=O)(=O)CC1. The second-order valence-corrected chi connectivity index (χ2v) is 8.90. The van der Waals surface area contributed by atoms with Gasteiger partial charge in [0.1, 0.15) is 15.4 Å². The van der Waals surface area contributed by atoms with Crippen LogP contribution in [0.5, 0.6) is 0 Å². The Kier molecular flexibility index (Phi) is 4.43. The summed E-state index contributed by atoms with van der Waals surface area (Å²) in [6.07, 6.45) is 0.696. The van der Waals surface area contributed by atoms with Crippen LogP contribution >= 0.6 is 0 Å². The third-order valence-corrected chi connectivity index (χ3v) is 6.41. The van der Waals surface area contributed by atoms with Crippen molar-refractivity contribution in [3.8, 4) is 11.5 Å². The zero-order chi connectivity index (χ0) is 19.0. The lowest BCUT2D eigenvalue weighted by molar-refractivity contribution is -0.120. The predicted molar refractivity (Wildman–Crippen MR) is 99.4 cm³/mol. The third kappa shape index (κ3) is 3.71. The molecule has 1 saturated heterocycles. The number of para-hydroxylation sites is 1. The molecule has 0 atom stereocenters. The summed E-state index contributed by atoms with van der Waals surface area (Å²) in [6.45, 7) is 0. The summed E-state index contributed by atoms with van der Waals surface area (Å²) in [4.78, 5) is 16.5. The van der Waals surface area contributed by atoms with Crippen molar-refractivity contribution in [2.24, 2.45) is 5.92 Å². The second kappa shape index (κ2) is 6.77. The van der Waals surface area contributed by atoms with Crippen LogP contribution < -0.4 is 5.32 Å². The highest BCUT2D eigenvalue weighted by Gasteiger charge is 2.28. The molecule has 8 heteroatoms. The van der Waals surface area contributed by atoms with Crippen LogP contribution in [0.4, 0.5) is 10.1 Å². The number of fused-ring (bicyclic) bond motifs is 1. The van der Waals surface area contributed by atoms with Crippen LogP contribution in [0.15, 0.2) is 46.9 Å². The number of halogens is 1. The molecule has 1 fully saturated rings. The summed E-state index contributed by atoms with van der Waals surface area (Å²) in [6, 6.07) is 11.4. The normalized spacial score (nSPS) is 17.1. The molecule has 0 unspecified atom stereocenters. The van der Waals surface area contributed by atoms with Gasteiger partial charge in [0.15, 0.2) is 11.4 Å². The molecule has 4 rings (SSSR count). The lowest BCUT2D eigenvalue weighted by Crippen LogP contribution is -2.31. The predicted octanol–water partition coefficient (Wildman–Crippen LogP) is 3.40. The van der Waals surface area contributed by atoms with E-state index in [1.54, 1.807) is 36.4 Å². The van der Waals surface area contributed by atoms with Crippen LogP contribution in [0.1, 0.15) is 12.8 Å². The molecule has 27 heavy (non-hydrogen) atoms. The van der Waals surface area contributed by atoms with Crippen LogP contribution in [0, 0.1) is 11.7 Å². The Balaban J connectivity index is 1.47. The van der Waals surface area contributed by atoms with E-state index in [1.165, 1.54) is 6.07 Å². The Hall–Kier alpha value is -2.74. The summed E-state index contributed by atoms with van der Waals surface area (Å²) in [5.74, 6) is -0.516. The molecule has 0 bridgehead atoms. The fraction of sp³-hybridized carbons (Fsp3) is 0.263. The van der Waals surface area contributed by atoms with Gasteiger partial charge in [-0.1, -0.05) is 6.07 Å². The standard InChI is InChI=1S/C19H17FN2O4S/c20-15-2-1-3-16-17(15)22-19(26-16)13-4-6-14(7-5-13)21-18(23)12-8-10-27(24,25)11-9-12/h1-7,12H,8-11H2,(H,21,23). The van der Waals surface area contributed by atoms with Crippen LogP contribution in [-0.2, 0) is 14.6 Å². The molecular formula is C19H17FN2O4S. The quantitative estimate of drug-likeness (QED) is 0.743. The van der Waals surface area contributed by atoms with Gasteiger partial charge in [0.25, 0.3) is 0 Å². The minimum absolute atomic E-state index is 0.0539. The Morgan fingerprint density at radius 2 is 1.81 bits per heavy atom. The second-order valence-electron chi connectivity index (χ2n) is 6.60. The van der Waals surface area contributed by atoms with Gasteiger partial charge < -0.3 is 9.73 Å². The number of hydrogen-bond acceptors (Lipinski definition) is 5. The minimum Gasteiger partial charge on any atom is -0.436 e. The highest BCUT2D eigenvalue weighted by Crippen LogP contribution is 2.27. The van der Waals surface area contributed by atoms with Gasteiger partial charge in [-0.05, 0) is 49.2 Å². The number of aromatic nitrogens is 1. The number of benzene rings is 2. The molecule has 2 heterocycles. The molecule has 6 nitrogen and oxygen atoms in total. The number of rotatable bonds is 3. The molecular weight excluding hydrogens is 371 g/mol. The monoisotopic (exact) mass is 388 g/mol. The minimum atomic E-state index is -3.00. The van der Waals surface area contributed by atoms with Gasteiger partial charge in [0.05, 0.1) is 11.5 Å². The average Bonchev–Trinajstić information content (AvgIpc) is 3.08. The van der Waals surface area contributed by atoms with E-state index >= 15 is 0 Å². The number of oxazole rings is 1. The largest absolute Gasteiger partial charge is 0.436 e. The van der Waals surface area contributed by atoms with Gasteiger partial charge in [-0.25, -0.2) is 17.8 Å². The van der Waals surface area contributed by atoms with Crippen molar-refractivity contribution < 1.29 is 22.0 Å². The molecule has 2 aromatic carbocycles. The summed E-state index contributed by atoms with van der Waals surface area (Å²) in [5, 5.41) is 2.81. The van der Waals surface area contributed by atoms with E-state index in [-0.39, 0.29) is 28.8 Å². The number of amides is 1. The first-order chi connectivity index (χ1) is 12.9. The van der Waals surface area contributed by atoms with E-state index in [1.807, 2.05) is 0 Å². The van der Waals surface area contributed by atoms with E-state index in [9.17, 15) is 17.6 Å². The van der Waals surface area contributed by atoms with Crippen LogP contribution in [0.25, 0.3) is 22.6 Å². The van der Waals surface area contributed by atoms with E-state index in [0.717, 1.165) is 0 Å². The Morgan fingerprint density at radius 1 is 1.11 bits per heavy atom. The van der Waals surface area contributed by atoms with Gasteiger partial charge in [-0.2, -0.15) is 0 Å². The summed E-state index contributed by atoms with van der Waals surface area (Å²) >= 11 is 0. The molecule has 140 valence electrons. The molecule has 0 radical (unpaired) electrons. The molecule has 0 aliphatic carbocycles. The number of sulfone groups is 1. The highest BCUT2D eigenvalue weighted by molar-refractivity contribution is 7.91. The van der Waals surface area contributed by atoms with Gasteiger partial charge in [-0.15, -0.1) is 0 Å². The van der Waals surface area contributed by atoms with Crippen molar-refractivity contribution in [1.82, 2.24) is 4.98 Å². The Bertz CT molecular complexity index is 1090. The number of nitrogens with one attached hydrogen (secondary N) is 1. The van der Waals surface area contributed by atoms with Crippen molar-refractivity contribution >= 4 is 32.5 Å². The number of anilines is 1. The summed E-state index contributed by atoms with van der Waals surface area (Å²) in [7, 11) is -3.00. The zero-order valence-electron chi connectivity index (χ0n) is 14.3. The average molecular weight is 388 g/mol. The van der Waals surface area contributed by atoms with Crippen LogP contribution in [0.3, 0.4) is 0 Å². The first-order valence-electron chi connectivity index (χ1n) is 8.58. The molecule has 1 aromatic heterocycles. The van der Waals surface area contributed by atoms with E-state index in [0.29, 0.717) is 35.6 Å². The molecule has 1 amide bonds. The molecule has 1 aliphatic rings. The van der Waals surface area contributed by atoms with E-state index < -0.39 is 15.7 Å². The van der Waals surface area contributed by atoms with Crippen molar-refractivity contribution in [3.05, 3.63) is 48.3 Å². The third-order valence-electron chi connectivity index (χ3n) is 4.69. The number of nitrogens with zero attached hydrogens (tertiary/aromatic N) is 1. The number of carbonyl (C=O) groups is 1. The van der Waals surface area contributed by atoms with E-state index in [4.69, 9.17) is 4.42 Å². The van der Waals surface area contributed by atoms with Crippen LogP contribution in [-0.4, -0.2) is 30.8 Å². The van der Waals surface area contributed by atoms with Gasteiger partial charge >= 0.3 is 0 Å². The van der Waals surface area contributed by atoms with Crippen molar-refractivity contribution in [2.75, 3.05) is 16.8 Å². The number of hydrogen-bond donors (Lipinski definition) is 1. The molecule has 1 N–H and O–H groups in total. The molecule has 0 spiro atoms. The van der Waals surface area contributed by atoms with Crippen LogP contribution in [0.2, 0.25) is 0 Å². The Morgan fingerprint density at radius 3 is 2.48 bits per heavy atom. The van der Waals surface area contributed by atoms with Crippen molar-refractivity contribution in [1.29, 1.82) is 0 Å². The topological polar surface area (TPSA) is 89.3 Å². The van der Waals surface area contributed by atoms with Crippen molar-refractivity contribution in [3.63, 3.8) is 0 Å². The van der Waals surface area contributed by atoms with E-state index in [2.05, 4.69) is 10.3 Å². The first-order valence-corrected chi connectivity index (χ1v) is 10.4. The Labute approximate surface area is 155 Å². The zero-order valence-corrected chi connectivity index (χ0v) is 15.1. The summed E-state index contributed by atoms with van der Waals surface area (Å²) < 4.78 is 42.2. The maximum Gasteiger partial charge on any atom is 0.227 e. The lowest BCUT2D eigenvalue weighted by atomic mass is 10.0. The molecule has 3 aromatic rings.